The molecule has 0 bridgehead atoms. The third-order valence-corrected chi connectivity index (χ3v) is 3.72. The molecule has 0 fully saturated rings. The van der Waals surface area contributed by atoms with E-state index in [-0.39, 0.29) is 5.41 Å². The van der Waals surface area contributed by atoms with E-state index in [0.717, 1.165) is 12.0 Å². The van der Waals surface area contributed by atoms with Crippen LogP contribution in [0.25, 0.3) is 0 Å². The zero-order valence-corrected chi connectivity index (χ0v) is 11.4. The monoisotopic (exact) mass is 246 g/mol. The van der Waals surface area contributed by atoms with E-state index in [0.29, 0.717) is 6.42 Å². The summed E-state index contributed by atoms with van der Waals surface area (Å²) in [6.45, 7) is 9.61. The summed E-state index contributed by atoms with van der Waals surface area (Å²) < 4.78 is 0. The number of carboxylic acid groups (broad SMARTS) is 1. The fraction of sp³-hybridized carbons (Fsp3) is 0.438. The second kappa shape index (κ2) is 5.38. The number of carboxylic acids is 1. The van der Waals surface area contributed by atoms with E-state index in [2.05, 4.69) is 6.58 Å². The molecule has 0 aliphatic carbocycles. The van der Waals surface area contributed by atoms with Gasteiger partial charge in [-0.25, -0.2) is 0 Å². The fourth-order valence-corrected chi connectivity index (χ4v) is 2.28. The highest BCUT2D eigenvalue weighted by Crippen LogP contribution is 2.43. The minimum Gasteiger partial charge on any atom is -0.481 e. The highest BCUT2D eigenvalue weighted by atomic mass is 16.4. The topological polar surface area (TPSA) is 37.3 Å². The van der Waals surface area contributed by atoms with Gasteiger partial charge < -0.3 is 5.11 Å². The number of aliphatic carboxylic acids is 1. The molecule has 1 unspecified atom stereocenters. The molecule has 0 aliphatic rings. The van der Waals surface area contributed by atoms with E-state index >= 15 is 0 Å². The summed E-state index contributed by atoms with van der Waals surface area (Å²) in [6, 6.07) is 9.97. The van der Waals surface area contributed by atoms with Crippen molar-refractivity contribution in [2.24, 2.45) is 10.8 Å². The molecule has 1 aromatic rings. The zero-order valence-electron chi connectivity index (χ0n) is 11.4. The van der Waals surface area contributed by atoms with Gasteiger partial charge in [0.25, 0.3) is 0 Å². The molecule has 0 saturated heterocycles. The van der Waals surface area contributed by atoms with Gasteiger partial charge in [-0.1, -0.05) is 57.2 Å². The average Bonchev–Trinajstić information content (AvgIpc) is 2.29. The predicted octanol–water partition coefficient (Wildman–Crippen LogP) is 3.92. The average molecular weight is 246 g/mol. The Kier molecular flexibility index (Phi) is 4.33. The second-order valence-electron chi connectivity index (χ2n) is 5.72. The van der Waals surface area contributed by atoms with Crippen LogP contribution in [0.1, 0.15) is 32.8 Å². The molecule has 0 radical (unpaired) electrons. The van der Waals surface area contributed by atoms with E-state index in [1.165, 1.54) is 0 Å². The largest absolute Gasteiger partial charge is 0.481 e. The first-order valence-corrected chi connectivity index (χ1v) is 6.24. The Hall–Kier alpha value is -1.57. The molecule has 1 aromatic carbocycles. The molecule has 0 spiro atoms. The van der Waals surface area contributed by atoms with Gasteiger partial charge in [0.15, 0.2) is 0 Å². The van der Waals surface area contributed by atoms with Gasteiger partial charge in [-0.15, -0.1) is 6.58 Å². The van der Waals surface area contributed by atoms with E-state index in [1.54, 1.807) is 6.08 Å². The van der Waals surface area contributed by atoms with Crippen LogP contribution in [0.2, 0.25) is 0 Å². The van der Waals surface area contributed by atoms with Crippen molar-refractivity contribution in [1.29, 1.82) is 0 Å². The van der Waals surface area contributed by atoms with Crippen molar-refractivity contribution >= 4 is 5.97 Å². The van der Waals surface area contributed by atoms with Gasteiger partial charge in [0.2, 0.25) is 0 Å². The maximum Gasteiger partial charge on any atom is 0.314 e. The summed E-state index contributed by atoms with van der Waals surface area (Å²) in [5, 5.41) is 9.57. The fourth-order valence-electron chi connectivity index (χ4n) is 2.28. The van der Waals surface area contributed by atoms with Crippen molar-refractivity contribution in [2.75, 3.05) is 0 Å². The maximum atomic E-state index is 11.6. The Morgan fingerprint density at radius 2 is 1.83 bits per heavy atom. The predicted molar refractivity (Wildman–Crippen MR) is 74.5 cm³/mol. The van der Waals surface area contributed by atoms with Gasteiger partial charge in [-0.3, -0.25) is 4.79 Å². The standard InChI is InChI=1S/C16H22O2/c1-5-16(14(17)18,15(2,3)4)12-11-13-9-7-6-8-10-13/h5-10H,1,11-12H2,2-4H3,(H,17,18). The second-order valence-corrected chi connectivity index (χ2v) is 5.72. The Labute approximate surface area is 109 Å². The Morgan fingerprint density at radius 1 is 1.28 bits per heavy atom. The zero-order chi connectivity index (χ0) is 13.8. The highest BCUT2D eigenvalue weighted by Gasteiger charge is 2.45. The van der Waals surface area contributed by atoms with Crippen molar-refractivity contribution in [2.45, 2.75) is 33.6 Å². The lowest BCUT2D eigenvalue weighted by Crippen LogP contribution is -2.41. The van der Waals surface area contributed by atoms with Gasteiger partial charge in [0.05, 0.1) is 5.41 Å². The quantitative estimate of drug-likeness (QED) is 0.799. The molecule has 2 nitrogen and oxygen atoms in total. The first-order chi connectivity index (χ1) is 8.33. The van der Waals surface area contributed by atoms with Crippen molar-refractivity contribution in [3.05, 3.63) is 48.6 Å². The van der Waals surface area contributed by atoms with Crippen LogP contribution < -0.4 is 0 Å². The van der Waals surface area contributed by atoms with Crippen molar-refractivity contribution in [3.8, 4) is 0 Å². The number of hydrogen-bond acceptors (Lipinski definition) is 1. The SMILES string of the molecule is C=CC(CCc1ccccc1)(C(=O)O)C(C)(C)C. The van der Waals surface area contributed by atoms with E-state index < -0.39 is 11.4 Å². The Bertz CT molecular complexity index is 414. The van der Waals surface area contributed by atoms with Gasteiger partial charge in [0.1, 0.15) is 0 Å². The third kappa shape index (κ3) is 2.81. The molecule has 0 aromatic heterocycles. The van der Waals surface area contributed by atoms with Gasteiger partial charge >= 0.3 is 5.97 Å². The van der Waals surface area contributed by atoms with E-state index in [1.807, 2.05) is 51.1 Å². The molecule has 18 heavy (non-hydrogen) atoms. The lowest BCUT2D eigenvalue weighted by atomic mass is 9.64. The molecule has 0 saturated carbocycles. The van der Waals surface area contributed by atoms with Crippen LogP contribution in [0.5, 0.6) is 0 Å². The number of aryl methyl sites for hydroxylation is 1. The minimum atomic E-state index is -0.886. The summed E-state index contributed by atoms with van der Waals surface area (Å²) in [5.74, 6) is -0.791. The van der Waals surface area contributed by atoms with Gasteiger partial charge in [0, 0.05) is 0 Å². The van der Waals surface area contributed by atoms with Crippen LogP contribution in [-0.2, 0) is 11.2 Å². The number of rotatable bonds is 5. The summed E-state index contributed by atoms with van der Waals surface area (Å²) in [5.41, 5.74) is -0.0766. The number of carbonyl (C=O) groups is 1. The molecule has 1 rings (SSSR count). The maximum absolute atomic E-state index is 11.6. The summed E-state index contributed by atoms with van der Waals surface area (Å²) >= 11 is 0. The Morgan fingerprint density at radius 3 is 2.22 bits per heavy atom. The minimum absolute atomic E-state index is 0.352. The molecule has 1 N–H and O–H groups in total. The smallest absolute Gasteiger partial charge is 0.314 e. The van der Waals surface area contributed by atoms with Crippen LogP contribution >= 0.6 is 0 Å². The van der Waals surface area contributed by atoms with Crippen LogP contribution in [0.15, 0.2) is 43.0 Å². The summed E-state index contributed by atoms with van der Waals surface area (Å²) in [6.07, 6.45) is 2.91. The molecule has 98 valence electrons. The molecule has 1 atom stereocenters. The molecule has 2 heteroatoms. The molecule has 0 amide bonds. The van der Waals surface area contributed by atoms with Crippen LogP contribution in [-0.4, -0.2) is 11.1 Å². The lowest BCUT2D eigenvalue weighted by molar-refractivity contribution is -0.152. The van der Waals surface area contributed by atoms with Crippen molar-refractivity contribution in [1.82, 2.24) is 0 Å². The van der Waals surface area contributed by atoms with Crippen LogP contribution in [0.4, 0.5) is 0 Å². The summed E-state index contributed by atoms with van der Waals surface area (Å²) in [7, 11) is 0. The summed E-state index contributed by atoms with van der Waals surface area (Å²) in [4.78, 5) is 11.6. The van der Waals surface area contributed by atoms with Gasteiger partial charge in [-0.2, -0.15) is 0 Å². The third-order valence-electron chi connectivity index (χ3n) is 3.72. The first kappa shape index (κ1) is 14.5. The van der Waals surface area contributed by atoms with E-state index in [4.69, 9.17) is 0 Å². The van der Waals surface area contributed by atoms with Crippen molar-refractivity contribution in [3.63, 3.8) is 0 Å². The van der Waals surface area contributed by atoms with Crippen LogP contribution in [0, 0.1) is 10.8 Å². The van der Waals surface area contributed by atoms with Gasteiger partial charge in [-0.05, 0) is 23.8 Å². The Balaban J connectivity index is 2.94. The number of hydrogen-bond donors (Lipinski definition) is 1. The molecule has 0 heterocycles. The molecular formula is C16H22O2. The molecular weight excluding hydrogens is 224 g/mol. The first-order valence-electron chi connectivity index (χ1n) is 6.24. The molecule has 0 aliphatic heterocycles. The lowest BCUT2D eigenvalue weighted by Gasteiger charge is -2.39. The van der Waals surface area contributed by atoms with Crippen molar-refractivity contribution < 1.29 is 9.90 Å². The van der Waals surface area contributed by atoms with Crippen LogP contribution in [0.3, 0.4) is 0 Å². The highest BCUT2D eigenvalue weighted by molar-refractivity contribution is 5.78. The van der Waals surface area contributed by atoms with E-state index in [9.17, 15) is 9.90 Å². The normalized spacial score (nSPS) is 14.8. The number of benzene rings is 1.